The van der Waals surface area contributed by atoms with Crippen molar-refractivity contribution in [2.45, 2.75) is 50.4 Å². The normalized spacial score (nSPS) is 30.1. The van der Waals surface area contributed by atoms with Gasteiger partial charge in [0.05, 0.1) is 5.56 Å². The number of phenolic OH excluding ortho intramolecular Hbond substituents is 1. The van der Waals surface area contributed by atoms with Gasteiger partial charge in [-0.15, -0.1) is 0 Å². The molecule has 0 atom stereocenters. The van der Waals surface area contributed by atoms with Crippen molar-refractivity contribution < 1.29 is 15.0 Å². The molecule has 0 amide bonds. The summed E-state index contributed by atoms with van der Waals surface area (Å²) in [5.41, 5.74) is 3.92. The molecule has 4 fully saturated rings. The van der Waals surface area contributed by atoms with E-state index in [4.69, 9.17) is 5.11 Å². The van der Waals surface area contributed by atoms with E-state index >= 15 is 0 Å². The third-order valence-electron chi connectivity index (χ3n) is 7.49. The molecular formula is C26H28O3. The number of benzene rings is 2. The van der Waals surface area contributed by atoms with Crippen molar-refractivity contribution >= 4 is 12.0 Å². The number of rotatable bonds is 5. The fourth-order valence-corrected chi connectivity index (χ4v) is 6.64. The van der Waals surface area contributed by atoms with Crippen LogP contribution >= 0.6 is 0 Å². The molecule has 3 heteroatoms. The Labute approximate surface area is 172 Å². The van der Waals surface area contributed by atoms with E-state index in [0.717, 1.165) is 29.7 Å². The van der Waals surface area contributed by atoms with Gasteiger partial charge in [0.2, 0.25) is 0 Å². The maximum atomic E-state index is 11.0. The van der Waals surface area contributed by atoms with E-state index in [-0.39, 0.29) is 5.41 Å². The first-order chi connectivity index (χ1) is 14.0. The Morgan fingerprint density at radius 1 is 0.966 bits per heavy atom. The number of hydrogen-bond donors (Lipinski definition) is 2. The highest BCUT2D eigenvalue weighted by molar-refractivity contribution is 5.87. The van der Waals surface area contributed by atoms with Gasteiger partial charge in [-0.25, -0.2) is 4.79 Å². The van der Waals surface area contributed by atoms with Gasteiger partial charge in [-0.05, 0) is 97.4 Å². The van der Waals surface area contributed by atoms with E-state index in [0.29, 0.717) is 11.3 Å². The predicted octanol–water partition coefficient (Wildman–Crippen LogP) is 5.81. The van der Waals surface area contributed by atoms with Crippen molar-refractivity contribution in [2.24, 2.45) is 17.8 Å². The molecule has 0 unspecified atom stereocenters. The van der Waals surface area contributed by atoms with Gasteiger partial charge >= 0.3 is 5.97 Å². The smallest absolute Gasteiger partial charge is 0.335 e. The van der Waals surface area contributed by atoms with Crippen LogP contribution in [0.5, 0.6) is 5.75 Å². The standard InChI is InChI=1S/C26H28O3/c27-24-9-6-18(3-1-2-17-4-7-22(8-5-17)25(28)29)13-23(24)26-14-19-10-20(15-26)12-21(11-19)16-26/h1-2,4-9,13,19-21,27H,3,10-12,14-16H2,(H,28,29)/b2-1+. The maximum absolute atomic E-state index is 11.0. The SMILES string of the molecule is O=C(O)c1ccc(/C=C/Cc2ccc(O)c(C34CC5CC(CC(C5)C3)C4)c2)cc1. The number of carbonyl (C=O) groups is 1. The number of carboxylic acid groups (broad SMARTS) is 1. The van der Waals surface area contributed by atoms with Gasteiger partial charge in [0.1, 0.15) is 5.75 Å². The van der Waals surface area contributed by atoms with Gasteiger partial charge in [-0.2, -0.15) is 0 Å². The summed E-state index contributed by atoms with van der Waals surface area (Å²) in [5, 5.41) is 19.7. The molecule has 4 saturated carbocycles. The lowest BCUT2D eigenvalue weighted by atomic mass is 9.48. The summed E-state index contributed by atoms with van der Waals surface area (Å²) in [7, 11) is 0. The van der Waals surface area contributed by atoms with Gasteiger partial charge in [-0.3, -0.25) is 0 Å². The van der Waals surface area contributed by atoms with Crippen molar-refractivity contribution in [1.82, 2.24) is 0 Å². The topological polar surface area (TPSA) is 57.5 Å². The summed E-state index contributed by atoms with van der Waals surface area (Å²) in [6.07, 6.45) is 12.9. The average Bonchev–Trinajstić information content (AvgIpc) is 2.68. The highest BCUT2D eigenvalue weighted by Crippen LogP contribution is 2.61. The summed E-state index contributed by atoms with van der Waals surface area (Å²) in [5.74, 6) is 2.15. The summed E-state index contributed by atoms with van der Waals surface area (Å²) in [6.45, 7) is 0. The Morgan fingerprint density at radius 2 is 1.59 bits per heavy atom. The van der Waals surface area contributed by atoms with Crippen LogP contribution in [-0.2, 0) is 11.8 Å². The molecule has 29 heavy (non-hydrogen) atoms. The van der Waals surface area contributed by atoms with E-state index in [1.807, 2.05) is 30.3 Å². The van der Waals surface area contributed by atoms with Gasteiger partial charge < -0.3 is 10.2 Å². The van der Waals surface area contributed by atoms with Gasteiger partial charge in [0.25, 0.3) is 0 Å². The maximum Gasteiger partial charge on any atom is 0.335 e. The summed E-state index contributed by atoms with van der Waals surface area (Å²) in [6, 6.07) is 13.1. The Balaban J connectivity index is 1.34. The van der Waals surface area contributed by atoms with Crippen molar-refractivity contribution in [3.63, 3.8) is 0 Å². The van der Waals surface area contributed by atoms with E-state index in [1.54, 1.807) is 12.1 Å². The van der Waals surface area contributed by atoms with Crippen molar-refractivity contribution in [3.05, 3.63) is 70.8 Å². The number of aromatic carboxylic acids is 1. The van der Waals surface area contributed by atoms with E-state index in [9.17, 15) is 9.90 Å². The lowest BCUT2D eigenvalue weighted by Crippen LogP contribution is -2.48. The van der Waals surface area contributed by atoms with Crippen LogP contribution in [0.4, 0.5) is 0 Å². The third kappa shape index (κ3) is 3.48. The number of hydrogen-bond acceptors (Lipinski definition) is 2. The minimum Gasteiger partial charge on any atom is -0.508 e. The quantitative estimate of drug-likeness (QED) is 0.679. The lowest BCUT2D eigenvalue weighted by Gasteiger charge is -2.57. The molecular weight excluding hydrogens is 360 g/mol. The Kier molecular flexibility index (Phi) is 4.49. The van der Waals surface area contributed by atoms with Crippen LogP contribution < -0.4 is 0 Å². The van der Waals surface area contributed by atoms with Crippen LogP contribution in [0.25, 0.3) is 6.08 Å². The zero-order valence-electron chi connectivity index (χ0n) is 16.7. The summed E-state index contributed by atoms with van der Waals surface area (Å²) in [4.78, 5) is 11.0. The zero-order valence-corrected chi connectivity index (χ0v) is 16.7. The second kappa shape index (κ2) is 7.05. The Bertz CT molecular complexity index is 919. The molecule has 0 aliphatic heterocycles. The molecule has 0 saturated heterocycles. The van der Waals surface area contributed by atoms with Crippen LogP contribution in [0.1, 0.15) is 65.6 Å². The molecule has 150 valence electrons. The molecule has 4 aliphatic rings. The molecule has 2 aromatic rings. The Hall–Kier alpha value is -2.55. The number of aromatic hydroxyl groups is 1. The number of carboxylic acids is 1. The molecule has 2 N–H and O–H groups in total. The van der Waals surface area contributed by atoms with Gasteiger partial charge in [-0.1, -0.05) is 36.4 Å². The van der Waals surface area contributed by atoms with Gasteiger partial charge in [0, 0.05) is 5.56 Å². The van der Waals surface area contributed by atoms with Crippen LogP contribution in [0.15, 0.2) is 48.5 Å². The van der Waals surface area contributed by atoms with Crippen LogP contribution in [0.2, 0.25) is 0 Å². The highest BCUT2D eigenvalue weighted by Gasteiger charge is 2.52. The van der Waals surface area contributed by atoms with Crippen molar-refractivity contribution in [1.29, 1.82) is 0 Å². The van der Waals surface area contributed by atoms with Gasteiger partial charge in [0.15, 0.2) is 0 Å². The first-order valence-corrected chi connectivity index (χ1v) is 10.8. The van der Waals surface area contributed by atoms with Crippen molar-refractivity contribution in [2.75, 3.05) is 0 Å². The largest absolute Gasteiger partial charge is 0.508 e. The van der Waals surface area contributed by atoms with E-state index < -0.39 is 5.97 Å². The Morgan fingerprint density at radius 3 is 2.17 bits per heavy atom. The second-order valence-corrected chi connectivity index (χ2v) is 9.58. The molecule has 4 aliphatic carbocycles. The lowest BCUT2D eigenvalue weighted by molar-refractivity contribution is -0.00616. The third-order valence-corrected chi connectivity index (χ3v) is 7.49. The molecule has 0 radical (unpaired) electrons. The predicted molar refractivity (Wildman–Crippen MR) is 114 cm³/mol. The average molecular weight is 389 g/mol. The van der Waals surface area contributed by atoms with E-state index in [1.165, 1.54) is 49.7 Å². The van der Waals surface area contributed by atoms with Crippen LogP contribution in [0, 0.1) is 17.8 Å². The zero-order chi connectivity index (χ0) is 20.0. The first-order valence-electron chi connectivity index (χ1n) is 10.8. The minimum atomic E-state index is -0.901. The molecule has 0 spiro atoms. The van der Waals surface area contributed by atoms with Crippen molar-refractivity contribution in [3.8, 4) is 5.75 Å². The summed E-state index contributed by atoms with van der Waals surface area (Å²) >= 11 is 0. The number of allylic oxidation sites excluding steroid dienone is 1. The molecule has 6 rings (SSSR count). The van der Waals surface area contributed by atoms with E-state index in [2.05, 4.69) is 12.1 Å². The number of phenols is 1. The van der Waals surface area contributed by atoms with Crippen LogP contribution in [-0.4, -0.2) is 16.2 Å². The molecule has 2 aromatic carbocycles. The first kappa shape index (κ1) is 18.5. The molecule has 4 bridgehead atoms. The fourth-order valence-electron chi connectivity index (χ4n) is 6.64. The second-order valence-electron chi connectivity index (χ2n) is 9.58. The van der Waals surface area contributed by atoms with Crippen LogP contribution in [0.3, 0.4) is 0 Å². The fraction of sp³-hybridized carbons (Fsp3) is 0.423. The molecule has 0 aromatic heterocycles. The monoisotopic (exact) mass is 388 g/mol. The molecule has 3 nitrogen and oxygen atoms in total. The summed E-state index contributed by atoms with van der Waals surface area (Å²) < 4.78 is 0. The minimum absolute atomic E-state index is 0.200. The molecule has 0 heterocycles. The highest BCUT2D eigenvalue weighted by atomic mass is 16.4.